The number of pyridine rings is 1. The third-order valence-electron chi connectivity index (χ3n) is 5.70. The maximum Gasteiger partial charge on any atom is 0.278 e. The first-order chi connectivity index (χ1) is 15.1. The highest BCUT2D eigenvalue weighted by atomic mass is 19.1. The molecule has 2 amide bonds. The summed E-state index contributed by atoms with van der Waals surface area (Å²) in [6, 6.07) is 19.0. The number of benzene rings is 2. The van der Waals surface area contributed by atoms with Crippen LogP contribution in [0.15, 0.2) is 78.6 Å². The van der Waals surface area contributed by atoms with Crippen molar-refractivity contribution in [3.8, 4) is 0 Å². The Balaban J connectivity index is 1.63. The molecule has 0 bridgehead atoms. The lowest BCUT2D eigenvalue weighted by atomic mass is 9.98. The maximum atomic E-state index is 13.6. The van der Waals surface area contributed by atoms with Gasteiger partial charge in [-0.25, -0.2) is 4.39 Å². The number of hydrogen-bond acceptors (Lipinski definition) is 4. The monoisotopic (exact) mass is 413 g/mol. The van der Waals surface area contributed by atoms with Gasteiger partial charge < -0.3 is 4.90 Å². The van der Waals surface area contributed by atoms with Crippen LogP contribution in [0.25, 0.3) is 5.57 Å². The van der Waals surface area contributed by atoms with E-state index in [0.29, 0.717) is 29.1 Å². The van der Waals surface area contributed by atoms with Gasteiger partial charge in [0.15, 0.2) is 0 Å². The molecule has 3 heterocycles. The molecule has 0 spiro atoms. The fraction of sp³-hybridized carbons (Fsp3) is 0.160. The second-order valence-electron chi connectivity index (χ2n) is 7.63. The van der Waals surface area contributed by atoms with E-state index < -0.39 is 5.82 Å². The van der Waals surface area contributed by atoms with Gasteiger partial charge in [0.1, 0.15) is 11.5 Å². The van der Waals surface area contributed by atoms with Gasteiger partial charge in [0, 0.05) is 18.4 Å². The lowest BCUT2D eigenvalue weighted by Crippen LogP contribution is -2.37. The third kappa shape index (κ3) is 3.40. The molecule has 0 fully saturated rings. The number of anilines is 1. The van der Waals surface area contributed by atoms with Crippen LogP contribution in [0.5, 0.6) is 0 Å². The smallest absolute Gasteiger partial charge is 0.278 e. The molecule has 0 N–H and O–H groups in total. The topological polar surface area (TPSA) is 53.5 Å². The molecule has 5 nitrogen and oxygen atoms in total. The number of rotatable bonds is 4. The zero-order chi connectivity index (χ0) is 21.4. The molecule has 2 aliphatic rings. The summed E-state index contributed by atoms with van der Waals surface area (Å²) in [6.07, 6.45) is 3.43. The Bertz CT molecular complexity index is 1190. The average molecular weight is 413 g/mol. The standard InChI is InChI=1S/C25H20FN3O2/c26-19-12-10-18(11-13-19)22-23(28-15-5-7-17-6-1-2-9-21(17)28)25(31)29(24(22)30)16-20-8-3-4-14-27-20/h1-4,6,8-14H,5,7,15-16H2. The molecule has 154 valence electrons. The molecule has 6 heteroatoms. The Kier molecular flexibility index (Phi) is 4.82. The molecule has 3 aromatic rings. The normalized spacial score (nSPS) is 16.2. The quantitative estimate of drug-likeness (QED) is 0.608. The van der Waals surface area contributed by atoms with E-state index in [0.717, 1.165) is 24.1 Å². The molecule has 31 heavy (non-hydrogen) atoms. The number of fused-ring (bicyclic) bond motifs is 1. The van der Waals surface area contributed by atoms with Crippen molar-refractivity contribution in [1.82, 2.24) is 9.88 Å². The lowest BCUT2D eigenvalue weighted by Gasteiger charge is -2.32. The van der Waals surface area contributed by atoms with Gasteiger partial charge >= 0.3 is 0 Å². The molecular formula is C25H20FN3O2. The van der Waals surface area contributed by atoms with Crippen molar-refractivity contribution in [2.45, 2.75) is 19.4 Å². The highest BCUT2D eigenvalue weighted by Gasteiger charge is 2.42. The minimum atomic E-state index is -0.392. The van der Waals surface area contributed by atoms with E-state index >= 15 is 0 Å². The van der Waals surface area contributed by atoms with Crippen LogP contribution in [0.1, 0.15) is 23.2 Å². The molecule has 0 aliphatic carbocycles. The molecule has 1 aromatic heterocycles. The molecule has 0 saturated heterocycles. The van der Waals surface area contributed by atoms with E-state index in [4.69, 9.17) is 0 Å². The van der Waals surface area contributed by atoms with Crippen molar-refractivity contribution >= 4 is 23.1 Å². The lowest BCUT2D eigenvalue weighted by molar-refractivity contribution is -0.137. The van der Waals surface area contributed by atoms with E-state index in [1.54, 1.807) is 30.5 Å². The molecule has 0 saturated carbocycles. The Morgan fingerprint density at radius 2 is 1.68 bits per heavy atom. The van der Waals surface area contributed by atoms with E-state index in [1.807, 2.05) is 35.2 Å². The SMILES string of the molecule is O=C1C(c2ccc(F)cc2)=C(N2CCCc3ccccc32)C(=O)N1Cc1ccccn1. The predicted octanol–water partition coefficient (Wildman–Crippen LogP) is 3.95. The third-order valence-corrected chi connectivity index (χ3v) is 5.70. The summed E-state index contributed by atoms with van der Waals surface area (Å²) in [5.41, 5.74) is 3.88. The van der Waals surface area contributed by atoms with Crippen LogP contribution in [0.4, 0.5) is 10.1 Å². The van der Waals surface area contributed by atoms with E-state index in [-0.39, 0.29) is 18.4 Å². The van der Waals surface area contributed by atoms with Gasteiger partial charge in [-0.1, -0.05) is 36.4 Å². The summed E-state index contributed by atoms with van der Waals surface area (Å²) in [4.78, 5) is 34.5. The zero-order valence-electron chi connectivity index (χ0n) is 16.8. The van der Waals surface area contributed by atoms with Crippen LogP contribution in [0, 0.1) is 5.82 Å². The number of halogens is 1. The minimum absolute atomic E-state index is 0.0855. The molecular weight excluding hydrogens is 393 g/mol. The van der Waals surface area contributed by atoms with Crippen LogP contribution < -0.4 is 4.90 Å². The number of aryl methyl sites for hydroxylation is 1. The fourth-order valence-corrected chi connectivity index (χ4v) is 4.25. The van der Waals surface area contributed by atoms with Gasteiger partial charge in [0.05, 0.1) is 17.8 Å². The average Bonchev–Trinajstić information content (AvgIpc) is 3.04. The van der Waals surface area contributed by atoms with Crippen molar-refractivity contribution < 1.29 is 14.0 Å². The number of amides is 2. The molecule has 0 unspecified atom stereocenters. The summed E-state index contributed by atoms with van der Waals surface area (Å²) in [5, 5.41) is 0. The number of aromatic nitrogens is 1. The van der Waals surface area contributed by atoms with Crippen molar-refractivity contribution in [1.29, 1.82) is 0 Å². The molecule has 0 atom stereocenters. The van der Waals surface area contributed by atoms with Crippen LogP contribution in [-0.2, 0) is 22.6 Å². The van der Waals surface area contributed by atoms with E-state index in [9.17, 15) is 14.0 Å². The van der Waals surface area contributed by atoms with Crippen molar-refractivity contribution in [3.63, 3.8) is 0 Å². The fourth-order valence-electron chi connectivity index (χ4n) is 4.25. The van der Waals surface area contributed by atoms with Gasteiger partial charge in [-0.2, -0.15) is 0 Å². The first-order valence-electron chi connectivity index (χ1n) is 10.3. The summed E-state index contributed by atoms with van der Waals surface area (Å²) in [5.74, 6) is -1.14. The number of para-hydroxylation sites is 1. The number of imide groups is 1. The summed E-state index contributed by atoms with van der Waals surface area (Å²) >= 11 is 0. The molecule has 2 aromatic carbocycles. The highest BCUT2D eigenvalue weighted by Crippen LogP contribution is 2.38. The van der Waals surface area contributed by atoms with Gasteiger partial charge in [-0.15, -0.1) is 0 Å². The van der Waals surface area contributed by atoms with Crippen LogP contribution in [0.3, 0.4) is 0 Å². The summed E-state index contributed by atoms with van der Waals surface area (Å²) in [6.45, 7) is 0.718. The number of carbonyl (C=O) groups is 2. The van der Waals surface area contributed by atoms with Crippen LogP contribution in [-0.4, -0.2) is 28.2 Å². The van der Waals surface area contributed by atoms with E-state index in [2.05, 4.69) is 4.98 Å². The van der Waals surface area contributed by atoms with Crippen LogP contribution in [0.2, 0.25) is 0 Å². The first-order valence-corrected chi connectivity index (χ1v) is 10.3. The Morgan fingerprint density at radius 3 is 2.45 bits per heavy atom. The zero-order valence-corrected chi connectivity index (χ0v) is 16.8. The van der Waals surface area contributed by atoms with Crippen molar-refractivity contribution in [2.24, 2.45) is 0 Å². The number of carbonyl (C=O) groups excluding carboxylic acids is 2. The number of nitrogens with zero attached hydrogens (tertiary/aromatic N) is 3. The highest BCUT2D eigenvalue weighted by molar-refractivity contribution is 6.36. The van der Waals surface area contributed by atoms with Gasteiger partial charge in [0.2, 0.25) is 0 Å². The molecule has 0 radical (unpaired) electrons. The maximum absolute atomic E-state index is 13.6. The number of hydrogen-bond donors (Lipinski definition) is 0. The van der Waals surface area contributed by atoms with Gasteiger partial charge in [0.25, 0.3) is 11.8 Å². The minimum Gasteiger partial charge on any atom is -0.336 e. The van der Waals surface area contributed by atoms with Crippen LogP contribution >= 0.6 is 0 Å². The Hall–Kier alpha value is -3.80. The van der Waals surface area contributed by atoms with Crippen molar-refractivity contribution in [3.05, 3.63) is 101 Å². The summed E-state index contributed by atoms with van der Waals surface area (Å²) < 4.78 is 13.6. The molecule has 5 rings (SSSR count). The second kappa shape index (κ2) is 7.80. The Labute approximate surface area is 179 Å². The largest absolute Gasteiger partial charge is 0.336 e. The van der Waals surface area contributed by atoms with Crippen molar-refractivity contribution in [2.75, 3.05) is 11.4 Å². The summed E-state index contributed by atoms with van der Waals surface area (Å²) in [7, 11) is 0. The second-order valence-corrected chi connectivity index (χ2v) is 7.63. The Morgan fingerprint density at radius 1 is 0.903 bits per heavy atom. The van der Waals surface area contributed by atoms with E-state index in [1.165, 1.54) is 17.0 Å². The molecule has 2 aliphatic heterocycles. The predicted molar refractivity (Wildman–Crippen MR) is 115 cm³/mol. The van der Waals surface area contributed by atoms with Gasteiger partial charge in [-0.05, 0) is 54.3 Å². The van der Waals surface area contributed by atoms with Gasteiger partial charge in [-0.3, -0.25) is 19.5 Å². The first kappa shape index (κ1) is 19.2.